The minimum Gasteiger partial charge on any atom is -0.508 e. The van der Waals surface area contributed by atoms with Crippen LogP contribution in [0.5, 0.6) is 0 Å². The van der Waals surface area contributed by atoms with Crippen molar-refractivity contribution < 1.29 is 9.90 Å². The quantitative estimate of drug-likeness (QED) is 0.696. The zero-order valence-electron chi connectivity index (χ0n) is 6.25. The molecule has 1 N–H and O–H groups in total. The molecule has 0 bridgehead atoms. The van der Waals surface area contributed by atoms with E-state index in [-0.39, 0.29) is 10.1 Å². The van der Waals surface area contributed by atoms with Crippen LogP contribution in [0.15, 0.2) is 20.9 Å². The lowest BCUT2D eigenvalue weighted by Gasteiger charge is -2.43. The van der Waals surface area contributed by atoms with E-state index in [2.05, 4.69) is 0 Å². The predicted molar refractivity (Wildman–Crippen MR) is 56.4 cm³/mol. The number of ketones is 1. The number of aliphatic hydroxyl groups is 1. The van der Waals surface area contributed by atoms with Crippen LogP contribution in [-0.2, 0) is 4.79 Å². The summed E-state index contributed by atoms with van der Waals surface area (Å²) in [6, 6.07) is 0. The van der Waals surface area contributed by atoms with Crippen LogP contribution in [0.2, 0.25) is 0 Å². The van der Waals surface area contributed by atoms with Crippen LogP contribution in [0.4, 0.5) is 0 Å². The SMILES string of the molecule is O=C1C(Cl)=C(O)[C@@]2(Cl)C(Cl)=C(Cl)[C@@]12Cl. The fraction of sp³-hybridized carbons (Fsp3) is 0.286. The molecule has 0 aromatic carbocycles. The van der Waals surface area contributed by atoms with E-state index in [9.17, 15) is 9.90 Å². The van der Waals surface area contributed by atoms with Crippen LogP contribution in [-0.4, -0.2) is 20.6 Å². The first-order valence-electron chi connectivity index (χ1n) is 3.37. The van der Waals surface area contributed by atoms with Crippen LogP contribution in [0, 0.1) is 0 Å². The summed E-state index contributed by atoms with van der Waals surface area (Å²) in [5.74, 6) is -1.28. The van der Waals surface area contributed by atoms with Crippen molar-refractivity contribution in [3.05, 3.63) is 20.9 Å². The summed E-state index contributed by atoms with van der Waals surface area (Å²) in [6.45, 7) is 0. The second-order valence-corrected chi connectivity index (χ2v) is 5.20. The van der Waals surface area contributed by atoms with Gasteiger partial charge in [-0.2, -0.15) is 0 Å². The van der Waals surface area contributed by atoms with Gasteiger partial charge in [0, 0.05) is 0 Å². The minimum absolute atomic E-state index is 0.0719. The highest BCUT2D eigenvalue weighted by Gasteiger charge is 2.75. The third-order valence-electron chi connectivity index (χ3n) is 2.32. The van der Waals surface area contributed by atoms with E-state index < -0.39 is 26.3 Å². The molecule has 0 fully saturated rings. The third-order valence-corrected chi connectivity index (χ3v) is 5.30. The van der Waals surface area contributed by atoms with E-state index in [4.69, 9.17) is 58.0 Å². The number of hydrogen-bond acceptors (Lipinski definition) is 2. The molecule has 14 heavy (non-hydrogen) atoms. The van der Waals surface area contributed by atoms with Gasteiger partial charge >= 0.3 is 0 Å². The standard InChI is InChI=1S/C7HCl5O2/c8-1-4(13)6(11)2(9)3(10)7(6,12)5(1)14/h13H/t6-,7+/m0/s1. The Morgan fingerprint density at radius 3 is 1.86 bits per heavy atom. The number of fused-ring (bicyclic) bond motifs is 1. The van der Waals surface area contributed by atoms with Crippen molar-refractivity contribution in [3.63, 3.8) is 0 Å². The normalized spacial score (nSPS) is 41.6. The van der Waals surface area contributed by atoms with Crippen molar-refractivity contribution in [1.82, 2.24) is 0 Å². The molecule has 7 heteroatoms. The monoisotopic (exact) mass is 292 g/mol. The first-order valence-corrected chi connectivity index (χ1v) is 5.26. The van der Waals surface area contributed by atoms with Crippen LogP contribution in [0.3, 0.4) is 0 Å². The van der Waals surface area contributed by atoms with Crippen LogP contribution >= 0.6 is 58.0 Å². The summed E-state index contributed by atoms with van der Waals surface area (Å²) in [5, 5.41) is 8.91. The van der Waals surface area contributed by atoms with Gasteiger partial charge in [0.2, 0.25) is 5.78 Å². The second kappa shape index (κ2) is 2.74. The molecular weight excluding hydrogens is 293 g/mol. The van der Waals surface area contributed by atoms with Crippen molar-refractivity contribution in [1.29, 1.82) is 0 Å². The van der Waals surface area contributed by atoms with Gasteiger partial charge in [0.15, 0.2) is 9.75 Å². The van der Waals surface area contributed by atoms with Crippen LogP contribution < -0.4 is 0 Å². The van der Waals surface area contributed by atoms with Gasteiger partial charge in [0.25, 0.3) is 0 Å². The highest BCUT2D eigenvalue weighted by molar-refractivity contribution is 6.67. The fourth-order valence-corrected chi connectivity index (χ4v) is 3.53. The molecule has 0 aromatic rings. The van der Waals surface area contributed by atoms with Gasteiger partial charge in [-0.1, -0.05) is 34.8 Å². The Bertz CT molecular complexity index is 426. The zero-order valence-corrected chi connectivity index (χ0v) is 10.0. The Morgan fingerprint density at radius 2 is 1.43 bits per heavy atom. The molecule has 0 aromatic heterocycles. The lowest BCUT2D eigenvalue weighted by atomic mass is 9.80. The molecule has 0 unspecified atom stereocenters. The third kappa shape index (κ3) is 0.782. The zero-order chi connectivity index (χ0) is 10.9. The maximum Gasteiger partial charge on any atom is 0.206 e. The van der Waals surface area contributed by atoms with Crippen molar-refractivity contribution in [2.45, 2.75) is 9.75 Å². The highest BCUT2D eigenvalue weighted by Crippen LogP contribution is 2.67. The molecule has 2 aliphatic carbocycles. The van der Waals surface area contributed by atoms with Crippen LogP contribution in [0.1, 0.15) is 0 Å². The van der Waals surface area contributed by atoms with Gasteiger partial charge in [-0.15, -0.1) is 23.2 Å². The molecule has 0 amide bonds. The minimum atomic E-state index is -1.74. The summed E-state index contributed by atoms with van der Waals surface area (Å²) in [5.41, 5.74) is 0. The van der Waals surface area contributed by atoms with E-state index in [1.807, 2.05) is 0 Å². The van der Waals surface area contributed by atoms with Crippen LogP contribution in [0.25, 0.3) is 0 Å². The molecular formula is C7HCl5O2. The van der Waals surface area contributed by atoms with E-state index in [0.29, 0.717) is 0 Å². The number of aliphatic hydroxyl groups excluding tert-OH is 1. The lowest BCUT2D eigenvalue weighted by molar-refractivity contribution is -0.116. The van der Waals surface area contributed by atoms with Crippen molar-refractivity contribution in [3.8, 4) is 0 Å². The second-order valence-electron chi connectivity index (χ2n) is 2.94. The van der Waals surface area contributed by atoms with E-state index in [0.717, 1.165) is 0 Å². The molecule has 0 radical (unpaired) electrons. The number of carbonyl (C=O) groups excluding carboxylic acids is 1. The van der Waals surface area contributed by atoms with Gasteiger partial charge in [0.1, 0.15) is 10.8 Å². The molecule has 76 valence electrons. The van der Waals surface area contributed by atoms with E-state index >= 15 is 0 Å². The highest BCUT2D eigenvalue weighted by atomic mass is 35.5. The Kier molecular flexibility index (Phi) is 2.14. The molecule has 0 spiro atoms. The summed E-state index contributed by atoms with van der Waals surface area (Å²) in [4.78, 5) is 8.08. The summed E-state index contributed by atoms with van der Waals surface area (Å²) >= 11 is 28.7. The van der Waals surface area contributed by atoms with Gasteiger partial charge in [-0.05, 0) is 0 Å². The van der Waals surface area contributed by atoms with Gasteiger partial charge in [0.05, 0.1) is 10.1 Å². The summed E-state index contributed by atoms with van der Waals surface area (Å²) in [7, 11) is 0. The fourth-order valence-electron chi connectivity index (χ4n) is 1.48. The smallest absolute Gasteiger partial charge is 0.206 e. The molecule has 0 saturated carbocycles. The Hall–Kier alpha value is 0.400. The number of Topliss-reactive ketones (excluding diaryl/α,β-unsaturated/α-hetero) is 1. The first kappa shape index (κ1) is 10.9. The molecule has 0 saturated heterocycles. The number of allylic oxidation sites excluding steroid dienone is 3. The van der Waals surface area contributed by atoms with Gasteiger partial charge in [-0.25, -0.2) is 0 Å². The molecule has 0 heterocycles. The molecule has 2 aliphatic rings. The van der Waals surface area contributed by atoms with Crippen molar-refractivity contribution in [2.24, 2.45) is 0 Å². The average molecular weight is 294 g/mol. The average Bonchev–Trinajstić information content (AvgIpc) is 2.30. The topological polar surface area (TPSA) is 37.3 Å². The molecule has 2 atom stereocenters. The Balaban J connectivity index is 2.73. The first-order chi connectivity index (χ1) is 6.29. The predicted octanol–water partition coefficient (Wildman–Crippen LogP) is 3.24. The number of rotatable bonds is 0. The largest absolute Gasteiger partial charge is 0.508 e. The van der Waals surface area contributed by atoms with Gasteiger partial charge < -0.3 is 5.11 Å². The maximum atomic E-state index is 11.5. The molecule has 0 aliphatic heterocycles. The van der Waals surface area contributed by atoms with Gasteiger partial charge in [-0.3, -0.25) is 4.79 Å². The van der Waals surface area contributed by atoms with E-state index in [1.165, 1.54) is 0 Å². The van der Waals surface area contributed by atoms with Crippen molar-refractivity contribution >= 4 is 63.8 Å². The number of alkyl halides is 2. The van der Waals surface area contributed by atoms with Crippen molar-refractivity contribution in [2.75, 3.05) is 0 Å². The summed E-state index contributed by atoms with van der Waals surface area (Å²) in [6.07, 6.45) is 0. The lowest BCUT2D eigenvalue weighted by Crippen LogP contribution is -2.57. The van der Waals surface area contributed by atoms with E-state index in [1.54, 1.807) is 0 Å². The molecule has 2 rings (SSSR count). The number of hydrogen-bond donors (Lipinski definition) is 1. The Labute approximate surface area is 104 Å². The maximum absolute atomic E-state index is 11.5. The summed E-state index contributed by atoms with van der Waals surface area (Å²) < 4.78 is 0. The number of carbonyl (C=O) groups is 1. The molecule has 2 nitrogen and oxygen atoms in total. The Morgan fingerprint density at radius 1 is 1.00 bits per heavy atom. The number of halogens is 5.